The Morgan fingerprint density at radius 3 is 2.54 bits per heavy atom. The Balaban J connectivity index is 3.63. The number of esters is 2. The van der Waals surface area contributed by atoms with Gasteiger partial charge < -0.3 is 9.47 Å². The van der Waals surface area contributed by atoms with Crippen LogP contribution in [0.3, 0.4) is 0 Å². The number of methoxy groups -OCH3 is 1. The normalized spacial score (nSPS) is 11.9. The predicted molar refractivity (Wildman–Crippen MR) is 46.1 cm³/mol. The van der Waals surface area contributed by atoms with Crippen molar-refractivity contribution in [2.75, 3.05) is 20.3 Å². The van der Waals surface area contributed by atoms with Crippen molar-refractivity contribution in [1.29, 1.82) is 0 Å². The van der Waals surface area contributed by atoms with Gasteiger partial charge in [0.1, 0.15) is 6.04 Å². The summed E-state index contributed by atoms with van der Waals surface area (Å²) < 4.78 is 9.10. The lowest BCUT2D eigenvalue weighted by Gasteiger charge is -2.10. The van der Waals surface area contributed by atoms with Gasteiger partial charge in [-0.3, -0.25) is 14.9 Å². The van der Waals surface area contributed by atoms with Gasteiger partial charge in [0.15, 0.2) is 0 Å². The maximum absolute atomic E-state index is 10.8. The highest BCUT2D eigenvalue weighted by molar-refractivity contribution is 5.77. The summed E-state index contributed by atoms with van der Waals surface area (Å²) >= 11 is 0. The van der Waals surface area contributed by atoms with Crippen LogP contribution in [0.5, 0.6) is 0 Å². The van der Waals surface area contributed by atoms with Crippen LogP contribution in [-0.4, -0.2) is 38.2 Å². The summed E-state index contributed by atoms with van der Waals surface area (Å²) in [5.41, 5.74) is 0. The Morgan fingerprint density at radius 2 is 2.08 bits per heavy atom. The fourth-order valence-electron chi connectivity index (χ4n) is 0.709. The third kappa shape index (κ3) is 5.19. The van der Waals surface area contributed by atoms with E-state index in [0.29, 0.717) is 6.61 Å². The van der Waals surface area contributed by atoms with Gasteiger partial charge in [0.2, 0.25) is 0 Å². The third-order valence-corrected chi connectivity index (χ3v) is 1.41. The highest BCUT2D eigenvalue weighted by Crippen LogP contribution is 1.85. The molecular formula is C8H15NO4. The highest BCUT2D eigenvalue weighted by Gasteiger charge is 2.13. The Labute approximate surface area is 77.4 Å². The second kappa shape index (κ2) is 6.42. The zero-order valence-corrected chi connectivity index (χ0v) is 8.12. The molecular weight excluding hydrogens is 174 g/mol. The zero-order chi connectivity index (χ0) is 10.3. The molecule has 0 aliphatic rings. The lowest BCUT2D eigenvalue weighted by Crippen LogP contribution is -2.38. The lowest BCUT2D eigenvalue weighted by molar-refractivity contribution is -0.144. The Kier molecular flexibility index (Phi) is 5.88. The summed E-state index contributed by atoms with van der Waals surface area (Å²) in [7, 11) is 1.30. The smallest absolute Gasteiger partial charge is 0.322 e. The largest absolute Gasteiger partial charge is 0.468 e. The molecule has 1 atom stereocenters. The minimum atomic E-state index is -0.491. The second-order valence-corrected chi connectivity index (χ2v) is 2.43. The van der Waals surface area contributed by atoms with Crippen molar-refractivity contribution in [3.63, 3.8) is 0 Å². The number of carbonyl (C=O) groups is 2. The quantitative estimate of drug-likeness (QED) is 0.601. The molecule has 0 saturated carbocycles. The summed E-state index contributed by atoms with van der Waals surface area (Å²) in [6.07, 6.45) is 0. The van der Waals surface area contributed by atoms with Crippen LogP contribution in [0, 0.1) is 0 Å². The van der Waals surface area contributed by atoms with Crippen molar-refractivity contribution in [3.05, 3.63) is 0 Å². The van der Waals surface area contributed by atoms with Crippen LogP contribution in [0.1, 0.15) is 13.8 Å². The number of ether oxygens (including phenoxy) is 2. The van der Waals surface area contributed by atoms with Crippen LogP contribution in [0.2, 0.25) is 0 Å². The van der Waals surface area contributed by atoms with E-state index in [-0.39, 0.29) is 12.5 Å². The molecule has 0 aromatic carbocycles. The van der Waals surface area contributed by atoms with Gasteiger partial charge in [-0.2, -0.15) is 0 Å². The van der Waals surface area contributed by atoms with Crippen molar-refractivity contribution >= 4 is 11.9 Å². The Morgan fingerprint density at radius 1 is 1.46 bits per heavy atom. The maximum atomic E-state index is 10.8. The Hall–Kier alpha value is -1.10. The summed E-state index contributed by atoms with van der Waals surface area (Å²) in [4.78, 5) is 21.7. The van der Waals surface area contributed by atoms with Gasteiger partial charge in [-0.25, -0.2) is 0 Å². The molecule has 5 heteroatoms. The molecule has 0 amide bonds. The van der Waals surface area contributed by atoms with Crippen LogP contribution in [-0.2, 0) is 19.1 Å². The van der Waals surface area contributed by atoms with Gasteiger partial charge >= 0.3 is 11.9 Å². The molecule has 0 heterocycles. The van der Waals surface area contributed by atoms with E-state index in [9.17, 15) is 9.59 Å². The minimum absolute atomic E-state index is 0.0180. The molecule has 0 radical (unpaired) electrons. The van der Waals surface area contributed by atoms with E-state index in [4.69, 9.17) is 0 Å². The summed E-state index contributed by atoms with van der Waals surface area (Å²) in [5, 5.41) is 2.67. The molecule has 0 rings (SSSR count). The fraction of sp³-hybridized carbons (Fsp3) is 0.750. The van der Waals surface area contributed by atoms with E-state index < -0.39 is 12.0 Å². The van der Waals surface area contributed by atoms with Crippen LogP contribution in [0.25, 0.3) is 0 Å². The topological polar surface area (TPSA) is 64.6 Å². The lowest BCUT2D eigenvalue weighted by atomic mass is 10.3. The van der Waals surface area contributed by atoms with Crippen LogP contribution < -0.4 is 5.32 Å². The van der Waals surface area contributed by atoms with Crippen LogP contribution in [0.15, 0.2) is 0 Å². The molecule has 0 aromatic rings. The van der Waals surface area contributed by atoms with E-state index in [2.05, 4.69) is 14.8 Å². The van der Waals surface area contributed by atoms with E-state index in [1.54, 1.807) is 13.8 Å². The number of hydrogen-bond acceptors (Lipinski definition) is 5. The first-order chi connectivity index (χ1) is 6.11. The number of nitrogens with one attached hydrogen (secondary N) is 1. The average molecular weight is 189 g/mol. The van der Waals surface area contributed by atoms with Crippen molar-refractivity contribution in [3.8, 4) is 0 Å². The van der Waals surface area contributed by atoms with Crippen molar-refractivity contribution in [1.82, 2.24) is 5.32 Å². The fourth-order valence-corrected chi connectivity index (χ4v) is 0.709. The van der Waals surface area contributed by atoms with E-state index in [1.165, 1.54) is 7.11 Å². The number of rotatable bonds is 5. The monoisotopic (exact) mass is 189 g/mol. The van der Waals surface area contributed by atoms with Crippen molar-refractivity contribution < 1.29 is 19.1 Å². The molecule has 0 aromatic heterocycles. The Bertz CT molecular complexity index is 181. The highest BCUT2D eigenvalue weighted by atomic mass is 16.5. The molecule has 0 aliphatic heterocycles. The summed E-state index contributed by atoms with van der Waals surface area (Å²) in [6, 6.07) is -0.491. The number of carbonyl (C=O) groups excluding carboxylic acids is 2. The third-order valence-electron chi connectivity index (χ3n) is 1.41. The molecule has 0 aliphatic carbocycles. The number of hydrogen-bond donors (Lipinski definition) is 1. The average Bonchev–Trinajstić information content (AvgIpc) is 2.13. The molecule has 0 spiro atoms. The zero-order valence-electron chi connectivity index (χ0n) is 8.12. The SMILES string of the molecule is CCOC(=O)CNC(C)C(=O)OC. The standard InChI is InChI=1S/C8H15NO4/c1-4-13-7(10)5-9-6(2)8(11)12-3/h6,9H,4-5H2,1-3H3. The second-order valence-electron chi connectivity index (χ2n) is 2.43. The molecule has 76 valence electrons. The molecule has 13 heavy (non-hydrogen) atoms. The van der Waals surface area contributed by atoms with Crippen LogP contribution >= 0.6 is 0 Å². The molecule has 5 nitrogen and oxygen atoms in total. The molecule has 0 saturated heterocycles. The van der Waals surface area contributed by atoms with Crippen molar-refractivity contribution in [2.45, 2.75) is 19.9 Å². The molecule has 0 fully saturated rings. The van der Waals surface area contributed by atoms with Crippen LogP contribution in [0.4, 0.5) is 0 Å². The van der Waals surface area contributed by atoms with Gasteiger partial charge in [-0.15, -0.1) is 0 Å². The first-order valence-corrected chi connectivity index (χ1v) is 4.08. The van der Waals surface area contributed by atoms with E-state index in [1.807, 2.05) is 0 Å². The summed E-state index contributed by atoms with van der Waals surface area (Å²) in [6.45, 7) is 3.70. The molecule has 1 N–H and O–H groups in total. The van der Waals surface area contributed by atoms with Gasteiger partial charge in [0.05, 0.1) is 20.3 Å². The first kappa shape index (κ1) is 11.9. The maximum Gasteiger partial charge on any atom is 0.322 e. The summed E-state index contributed by atoms with van der Waals surface area (Å²) in [5.74, 6) is -0.775. The van der Waals surface area contributed by atoms with E-state index in [0.717, 1.165) is 0 Å². The van der Waals surface area contributed by atoms with Gasteiger partial charge in [0, 0.05) is 0 Å². The first-order valence-electron chi connectivity index (χ1n) is 4.08. The van der Waals surface area contributed by atoms with Crippen molar-refractivity contribution in [2.24, 2.45) is 0 Å². The van der Waals surface area contributed by atoms with Gasteiger partial charge in [-0.1, -0.05) is 0 Å². The molecule has 1 unspecified atom stereocenters. The van der Waals surface area contributed by atoms with Gasteiger partial charge in [0.25, 0.3) is 0 Å². The predicted octanol–water partition coefficient (Wildman–Crippen LogP) is -0.299. The van der Waals surface area contributed by atoms with E-state index >= 15 is 0 Å². The minimum Gasteiger partial charge on any atom is -0.468 e. The van der Waals surface area contributed by atoms with Gasteiger partial charge in [-0.05, 0) is 13.8 Å². The molecule has 0 bridgehead atoms.